The van der Waals surface area contributed by atoms with Gasteiger partial charge in [0.2, 0.25) is 5.43 Å². The second-order valence-electron chi connectivity index (χ2n) is 3.97. The first-order chi connectivity index (χ1) is 8.95. The molecule has 98 valence electrons. The first kappa shape index (κ1) is 12.8. The maximum atomic E-state index is 11.9. The quantitative estimate of drug-likeness (QED) is 0.855. The van der Waals surface area contributed by atoms with E-state index in [0.717, 1.165) is 6.07 Å². The van der Waals surface area contributed by atoms with E-state index in [1.54, 1.807) is 0 Å². The molecule has 0 saturated heterocycles. The smallest absolute Gasteiger partial charge is 0.352 e. The molecule has 2 aromatic rings. The van der Waals surface area contributed by atoms with Crippen molar-refractivity contribution in [2.75, 3.05) is 7.11 Å². The average molecular weight is 261 g/mol. The van der Waals surface area contributed by atoms with Crippen LogP contribution in [0, 0.1) is 0 Å². The molecule has 1 aromatic heterocycles. The lowest BCUT2D eigenvalue weighted by Crippen LogP contribution is -2.15. The molecule has 1 heterocycles. The Morgan fingerprint density at radius 2 is 1.89 bits per heavy atom. The van der Waals surface area contributed by atoms with E-state index in [1.807, 2.05) is 0 Å². The minimum absolute atomic E-state index is 0.0372. The molecule has 0 saturated carbocycles. The molecule has 19 heavy (non-hydrogen) atoms. The predicted molar refractivity (Wildman–Crippen MR) is 69.0 cm³/mol. The molecule has 0 atom stereocenters. The summed E-state index contributed by atoms with van der Waals surface area (Å²) in [5, 5.41) is 9.25. The van der Waals surface area contributed by atoms with Crippen LogP contribution in [0.3, 0.4) is 0 Å². The Morgan fingerprint density at radius 1 is 1.21 bits per heavy atom. The van der Waals surface area contributed by atoms with Gasteiger partial charge in [-0.15, -0.1) is 0 Å². The summed E-state index contributed by atoms with van der Waals surface area (Å²) in [7, 11) is 2.85. The minimum Gasteiger partial charge on any atom is -0.493 e. The highest BCUT2D eigenvalue weighted by atomic mass is 16.5. The Morgan fingerprint density at radius 3 is 2.47 bits per heavy atom. The van der Waals surface area contributed by atoms with Gasteiger partial charge in [-0.3, -0.25) is 9.59 Å². The molecule has 0 fully saturated rings. The lowest BCUT2D eigenvalue weighted by molar-refractivity contribution is 0.0686. The van der Waals surface area contributed by atoms with E-state index in [4.69, 9.17) is 9.84 Å². The first-order valence-corrected chi connectivity index (χ1v) is 5.41. The van der Waals surface area contributed by atoms with E-state index in [2.05, 4.69) is 0 Å². The summed E-state index contributed by atoms with van der Waals surface area (Å²) < 4.78 is 6.25. The Labute approximate surface area is 107 Å². The Bertz CT molecular complexity index is 791. The zero-order valence-corrected chi connectivity index (χ0v) is 10.3. The van der Waals surface area contributed by atoms with Gasteiger partial charge in [0, 0.05) is 18.5 Å². The standard InChI is InChI=1S/C13H11NO5/c1-14-8-3-4-10(15)12(19-2)5-7(8)11(16)6-9(14)13(17)18/h3-6H,1-2H3,(H,17,18). The fourth-order valence-electron chi connectivity index (χ4n) is 1.89. The van der Waals surface area contributed by atoms with Crippen molar-refractivity contribution in [3.05, 3.63) is 50.4 Å². The number of ether oxygens (including phenoxy) is 1. The van der Waals surface area contributed by atoms with Crippen molar-refractivity contribution in [3.63, 3.8) is 0 Å². The number of aryl methyl sites for hydroxylation is 1. The summed E-state index contributed by atoms with van der Waals surface area (Å²) >= 11 is 0. The molecule has 0 aliphatic carbocycles. The van der Waals surface area contributed by atoms with Crippen LogP contribution in [0.25, 0.3) is 10.9 Å². The predicted octanol–water partition coefficient (Wildman–Crippen LogP) is 0.605. The van der Waals surface area contributed by atoms with Crippen LogP contribution in [0.2, 0.25) is 0 Å². The van der Waals surface area contributed by atoms with Gasteiger partial charge in [-0.2, -0.15) is 0 Å². The van der Waals surface area contributed by atoms with E-state index in [-0.39, 0.29) is 22.3 Å². The molecule has 0 spiro atoms. The Hall–Kier alpha value is -2.63. The zero-order valence-electron chi connectivity index (χ0n) is 10.3. The zero-order chi connectivity index (χ0) is 14.2. The summed E-state index contributed by atoms with van der Waals surface area (Å²) in [6.07, 6.45) is 0. The van der Waals surface area contributed by atoms with Gasteiger partial charge in [0.25, 0.3) is 0 Å². The van der Waals surface area contributed by atoms with E-state index in [1.165, 1.54) is 36.9 Å². The minimum atomic E-state index is -1.21. The topological polar surface area (TPSA) is 85.6 Å². The van der Waals surface area contributed by atoms with Crippen molar-refractivity contribution < 1.29 is 14.6 Å². The highest BCUT2D eigenvalue weighted by Crippen LogP contribution is 2.13. The van der Waals surface area contributed by atoms with Crippen LogP contribution < -0.4 is 15.6 Å². The molecule has 6 heteroatoms. The van der Waals surface area contributed by atoms with Crippen LogP contribution in [0.15, 0.2) is 33.9 Å². The number of pyridine rings is 1. The van der Waals surface area contributed by atoms with Gasteiger partial charge < -0.3 is 14.4 Å². The summed E-state index contributed by atoms with van der Waals surface area (Å²) in [5.74, 6) is -1.17. The Balaban J connectivity index is 3.04. The normalized spacial score (nSPS) is 10.4. The van der Waals surface area contributed by atoms with Crippen molar-refractivity contribution in [1.29, 1.82) is 0 Å². The molecule has 2 rings (SSSR count). The van der Waals surface area contributed by atoms with Crippen molar-refractivity contribution in [2.24, 2.45) is 7.05 Å². The van der Waals surface area contributed by atoms with Crippen LogP contribution in [0.4, 0.5) is 0 Å². The molecule has 6 nitrogen and oxygen atoms in total. The number of hydrogen-bond acceptors (Lipinski definition) is 4. The van der Waals surface area contributed by atoms with Gasteiger partial charge in [-0.25, -0.2) is 4.79 Å². The monoisotopic (exact) mass is 261 g/mol. The summed E-state index contributed by atoms with van der Waals surface area (Å²) in [4.78, 5) is 34.6. The number of rotatable bonds is 2. The van der Waals surface area contributed by atoms with Crippen LogP contribution in [0.1, 0.15) is 10.5 Å². The molecular weight excluding hydrogens is 250 g/mol. The second kappa shape index (κ2) is 4.56. The molecule has 1 N–H and O–H groups in total. The fourth-order valence-corrected chi connectivity index (χ4v) is 1.89. The van der Waals surface area contributed by atoms with Crippen molar-refractivity contribution in [2.45, 2.75) is 0 Å². The van der Waals surface area contributed by atoms with Gasteiger partial charge in [-0.1, -0.05) is 0 Å². The van der Waals surface area contributed by atoms with E-state index in [0.29, 0.717) is 5.52 Å². The van der Waals surface area contributed by atoms with Gasteiger partial charge >= 0.3 is 5.97 Å². The molecule has 0 aliphatic heterocycles. The number of carbonyl (C=O) groups is 1. The molecule has 0 bridgehead atoms. The van der Waals surface area contributed by atoms with E-state index >= 15 is 0 Å². The lowest BCUT2D eigenvalue weighted by atomic mass is 10.2. The van der Waals surface area contributed by atoms with Crippen LogP contribution >= 0.6 is 0 Å². The average Bonchev–Trinajstić information content (AvgIpc) is 2.53. The molecule has 0 unspecified atom stereocenters. The van der Waals surface area contributed by atoms with Gasteiger partial charge in [0.05, 0.1) is 12.6 Å². The number of nitrogens with zero attached hydrogens (tertiary/aromatic N) is 1. The van der Waals surface area contributed by atoms with E-state index < -0.39 is 11.4 Å². The number of methoxy groups -OCH3 is 1. The lowest BCUT2D eigenvalue weighted by Gasteiger charge is -2.06. The number of hydrogen-bond donors (Lipinski definition) is 1. The van der Waals surface area contributed by atoms with Crippen molar-refractivity contribution in [3.8, 4) is 5.75 Å². The number of carboxylic acids is 1. The van der Waals surface area contributed by atoms with E-state index in [9.17, 15) is 14.4 Å². The van der Waals surface area contributed by atoms with Crippen LogP contribution in [0.5, 0.6) is 5.75 Å². The Kier molecular flexibility index (Phi) is 3.08. The number of fused-ring (bicyclic) bond motifs is 1. The number of aromatic carboxylic acids is 1. The largest absolute Gasteiger partial charge is 0.493 e. The SMILES string of the molecule is COc1cc2c(=O)cc(C(=O)O)n(C)c2ccc1=O. The summed E-state index contributed by atoms with van der Waals surface area (Å²) in [6, 6.07) is 5.00. The highest BCUT2D eigenvalue weighted by Gasteiger charge is 2.12. The number of aromatic nitrogens is 1. The molecule has 0 radical (unpaired) electrons. The summed E-state index contributed by atoms with van der Waals surface area (Å²) in [5.41, 5.74) is -0.644. The second-order valence-corrected chi connectivity index (χ2v) is 3.97. The fraction of sp³-hybridized carbons (Fsp3) is 0.154. The highest BCUT2D eigenvalue weighted by molar-refractivity contribution is 5.90. The van der Waals surface area contributed by atoms with Gasteiger partial charge in [0.15, 0.2) is 11.2 Å². The number of carboxylic acid groups (broad SMARTS) is 1. The third-order valence-corrected chi connectivity index (χ3v) is 2.88. The third-order valence-electron chi connectivity index (χ3n) is 2.88. The third kappa shape index (κ3) is 2.08. The van der Waals surface area contributed by atoms with Gasteiger partial charge in [0.1, 0.15) is 5.69 Å². The molecule has 0 amide bonds. The first-order valence-electron chi connectivity index (χ1n) is 5.41. The van der Waals surface area contributed by atoms with Crippen LogP contribution in [-0.2, 0) is 7.05 Å². The molecular formula is C13H11NO5. The maximum absolute atomic E-state index is 11.9. The van der Waals surface area contributed by atoms with Gasteiger partial charge in [-0.05, 0) is 18.2 Å². The van der Waals surface area contributed by atoms with Crippen molar-refractivity contribution in [1.82, 2.24) is 4.57 Å². The summed E-state index contributed by atoms with van der Waals surface area (Å²) in [6.45, 7) is 0. The van der Waals surface area contributed by atoms with Crippen LogP contribution in [-0.4, -0.2) is 22.8 Å². The van der Waals surface area contributed by atoms with Crippen molar-refractivity contribution >= 4 is 16.9 Å². The molecule has 0 aliphatic rings. The molecule has 1 aromatic carbocycles. The maximum Gasteiger partial charge on any atom is 0.352 e.